The minimum atomic E-state index is 0.112. The van der Waals surface area contributed by atoms with Gasteiger partial charge in [-0.2, -0.15) is 0 Å². The zero-order valence-electron chi connectivity index (χ0n) is 4.91. The molecule has 46 valence electrons. The van der Waals surface area contributed by atoms with Crippen molar-refractivity contribution in [2.45, 2.75) is 0 Å². The SMILES string of the molecule is CN1C=CN(CO)C1. The lowest BCUT2D eigenvalue weighted by Crippen LogP contribution is -2.22. The minimum absolute atomic E-state index is 0.112. The average Bonchev–Trinajstić information content (AvgIpc) is 2.14. The highest BCUT2D eigenvalue weighted by Crippen LogP contribution is 2.00. The summed E-state index contributed by atoms with van der Waals surface area (Å²) in [5.41, 5.74) is 0. The second kappa shape index (κ2) is 2.05. The molecule has 8 heavy (non-hydrogen) atoms. The maximum absolute atomic E-state index is 8.53. The molecule has 1 aliphatic rings. The number of aliphatic hydroxyl groups excluding tert-OH is 1. The summed E-state index contributed by atoms with van der Waals surface area (Å²) in [6, 6.07) is 0. The topological polar surface area (TPSA) is 26.7 Å². The fraction of sp³-hybridized carbons (Fsp3) is 0.600. The van der Waals surface area contributed by atoms with Crippen molar-refractivity contribution in [2.75, 3.05) is 20.4 Å². The van der Waals surface area contributed by atoms with Crippen LogP contribution in [0.15, 0.2) is 12.4 Å². The van der Waals surface area contributed by atoms with Gasteiger partial charge in [0.1, 0.15) is 6.73 Å². The molecule has 1 heterocycles. The summed E-state index contributed by atoms with van der Waals surface area (Å²) in [5.74, 6) is 0. The van der Waals surface area contributed by atoms with Gasteiger partial charge in [0.2, 0.25) is 0 Å². The van der Waals surface area contributed by atoms with Crippen LogP contribution in [0.25, 0.3) is 0 Å². The molecule has 0 amide bonds. The zero-order chi connectivity index (χ0) is 5.98. The Morgan fingerprint density at radius 1 is 1.62 bits per heavy atom. The Morgan fingerprint density at radius 2 is 2.38 bits per heavy atom. The van der Waals surface area contributed by atoms with Gasteiger partial charge in [-0.25, -0.2) is 0 Å². The van der Waals surface area contributed by atoms with E-state index in [9.17, 15) is 0 Å². The number of hydrogen-bond donors (Lipinski definition) is 1. The fourth-order valence-corrected chi connectivity index (χ4v) is 0.681. The number of hydrogen-bond acceptors (Lipinski definition) is 3. The third kappa shape index (κ3) is 0.924. The van der Waals surface area contributed by atoms with Crippen LogP contribution in [-0.2, 0) is 0 Å². The van der Waals surface area contributed by atoms with Crippen molar-refractivity contribution in [3.8, 4) is 0 Å². The second-order valence-electron chi connectivity index (χ2n) is 1.93. The molecule has 0 spiro atoms. The monoisotopic (exact) mass is 114 g/mol. The molecule has 0 atom stereocenters. The van der Waals surface area contributed by atoms with Crippen molar-refractivity contribution in [1.29, 1.82) is 0 Å². The average molecular weight is 114 g/mol. The molecule has 0 bridgehead atoms. The number of rotatable bonds is 1. The van der Waals surface area contributed by atoms with Gasteiger partial charge in [-0.15, -0.1) is 0 Å². The maximum Gasteiger partial charge on any atom is 0.116 e. The Hall–Kier alpha value is -0.700. The van der Waals surface area contributed by atoms with Crippen LogP contribution >= 0.6 is 0 Å². The van der Waals surface area contributed by atoms with Crippen molar-refractivity contribution < 1.29 is 5.11 Å². The summed E-state index contributed by atoms with van der Waals surface area (Å²) in [6.45, 7) is 0.914. The molecule has 1 N–H and O–H groups in total. The van der Waals surface area contributed by atoms with Crippen LogP contribution in [0.5, 0.6) is 0 Å². The molecular formula is C5H10N2O. The normalized spacial score (nSPS) is 18.2. The Labute approximate surface area is 48.8 Å². The zero-order valence-corrected chi connectivity index (χ0v) is 4.91. The second-order valence-corrected chi connectivity index (χ2v) is 1.93. The molecular weight excluding hydrogens is 104 g/mol. The van der Waals surface area contributed by atoms with E-state index in [0.29, 0.717) is 0 Å². The highest BCUT2D eigenvalue weighted by atomic mass is 16.3. The summed E-state index contributed by atoms with van der Waals surface area (Å²) in [4.78, 5) is 3.80. The molecule has 0 fully saturated rings. The van der Waals surface area contributed by atoms with Crippen molar-refractivity contribution >= 4 is 0 Å². The lowest BCUT2D eigenvalue weighted by molar-refractivity contribution is 0.135. The van der Waals surface area contributed by atoms with E-state index in [1.165, 1.54) is 0 Å². The summed E-state index contributed by atoms with van der Waals surface area (Å²) in [7, 11) is 1.96. The standard InChI is InChI=1S/C5H10N2O/c1-6-2-3-7(4-6)5-8/h2-3,8H,4-5H2,1H3. The van der Waals surface area contributed by atoms with Gasteiger partial charge in [0.05, 0.1) is 6.67 Å². The predicted molar refractivity (Wildman–Crippen MR) is 30.7 cm³/mol. The Kier molecular flexibility index (Phi) is 1.39. The first-order chi connectivity index (χ1) is 3.83. The lowest BCUT2D eigenvalue weighted by Gasteiger charge is -2.13. The van der Waals surface area contributed by atoms with Crippen LogP contribution in [0.3, 0.4) is 0 Å². The van der Waals surface area contributed by atoms with E-state index < -0.39 is 0 Å². The molecule has 0 aromatic heterocycles. The van der Waals surface area contributed by atoms with E-state index >= 15 is 0 Å². The van der Waals surface area contributed by atoms with Gasteiger partial charge in [-0.3, -0.25) is 0 Å². The summed E-state index contributed by atoms with van der Waals surface area (Å²) < 4.78 is 0. The van der Waals surface area contributed by atoms with Gasteiger partial charge < -0.3 is 14.9 Å². The van der Waals surface area contributed by atoms with Crippen LogP contribution in [0.1, 0.15) is 0 Å². The van der Waals surface area contributed by atoms with Gasteiger partial charge in [0, 0.05) is 19.4 Å². The highest BCUT2D eigenvalue weighted by Gasteiger charge is 2.04. The largest absolute Gasteiger partial charge is 0.376 e. The molecule has 0 saturated carbocycles. The van der Waals surface area contributed by atoms with E-state index in [-0.39, 0.29) is 6.73 Å². The van der Waals surface area contributed by atoms with Crippen molar-refractivity contribution in [3.63, 3.8) is 0 Å². The van der Waals surface area contributed by atoms with Gasteiger partial charge in [-0.1, -0.05) is 0 Å². The molecule has 3 heteroatoms. The smallest absolute Gasteiger partial charge is 0.116 e. The van der Waals surface area contributed by atoms with E-state index in [0.717, 1.165) is 6.67 Å². The number of nitrogens with zero attached hydrogens (tertiary/aromatic N) is 2. The van der Waals surface area contributed by atoms with E-state index in [2.05, 4.69) is 0 Å². The third-order valence-electron chi connectivity index (χ3n) is 1.12. The summed E-state index contributed by atoms with van der Waals surface area (Å²) in [5, 5.41) is 8.53. The van der Waals surface area contributed by atoms with Gasteiger partial charge in [0.25, 0.3) is 0 Å². The molecule has 0 aliphatic carbocycles. The summed E-state index contributed by atoms with van der Waals surface area (Å²) >= 11 is 0. The third-order valence-corrected chi connectivity index (χ3v) is 1.12. The Bertz CT molecular complexity index is 103. The van der Waals surface area contributed by atoms with Crippen molar-refractivity contribution in [3.05, 3.63) is 12.4 Å². The fourth-order valence-electron chi connectivity index (χ4n) is 0.681. The molecule has 0 aromatic carbocycles. The maximum atomic E-state index is 8.53. The predicted octanol–water partition coefficient (Wildman–Crippen LogP) is -0.388. The molecule has 1 rings (SSSR count). The molecule has 3 nitrogen and oxygen atoms in total. The quantitative estimate of drug-likeness (QED) is 0.503. The van der Waals surface area contributed by atoms with E-state index in [1.54, 1.807) is 4.90 Å². The first-order valence-corrected chi connectivity index (χ1v) is 2.56. The minimum Gasteiger partial charge on any atom is -0.376 e. The van der Waals surface area contributed by atoms with Gasteiger partial charge >= 0.3 is 0 Å². The van der Waals surface area contributed by atoms with E-state index in [4.69, 9.17) is 5.11 Å². The van der Waals surface area contributed by atoms with Crippen molar-refractivity contribution in [2.24, 2.45) is 0 Å². The van der Waals surface area contributed by atoms with Crippen molar-refractivity contribution in [1.82, 2.24) is 9.80 Å². The molecule has 0 radical (unpaired) electrons. The molecule has 0 aromatic rings. The van der Waals surface area contributed by atoms with Crippen LogP contribution in [0, 0.1) is 0 Å². The van der Waals surface area contributed by atoms with Gasteiger partial charge in [-0.05, 0) is 0 Å². The Morgan fingerprint density at radius 3 is 2.62 bits per heavy atom. The van der Waals surface area contributed by atoms with Crippen LogP contribution in [0.4, 0.5) is 0 Å². The first kappa shape index (κ1) is 5.44. The van der Waals surface area contributed by atoms with Crippen LogP contribution in [0.2, 0.25) is 0 Å². The number of aliphatic hydroxyl groups is 1. The lowest BCUT2D eigenvalue weighted by atomic mass is 10.8. The van der Waals surface area contributed by atoms with Crippen LogP contribution in [-0.4, -0.2) is 35.4 Å². The first-order valence-electron chi connectivity index (χ1n) is 2.56. The highest BCUT2D eigenvalue weighted by molar-refractivity contribution is 4.86. The van der Waals surface area contributed by atoms with E-state index in [1.807, 2.05) is 24.3 Å². The van der Waals surface area contributed by atoms with Crippen LogP contribution < -0.4 is 0 Å². The Balaban J connectivity index is 2.34. The molecule has 1 aliphatic heterocycles. The molecule has 0 unspecified atom stereocenters. The molecule has 0 saturated heterocycles. The van der Waals surface area contributed by atoms with Gasteiger partial charge in [0.15, 0.2) is 0 Å². The summed E-state index contributed by atoms with van der Waals surface area (Å²) in [6.07, 6.45) is 3.79.